The summed E-state index contributed by atoms with van der Waals surface area (Å²) in [7, 11) is 1.52. The maximum atomic E-state index is 12.9. The predicted octanol–water partition coefficient (Wildman–Crippen LogP) is 5.43. The summed E-state index contributed by atoms with van der Waals surface area (Å²) in [4.78, 5) is 27.6. The molecule has 4 rings (SSSR count). The molecule has 41 heavy (non-hydrogen) atoms. The fraction of sp³-hybridized carbons (Fsp3) is 0.433. The predicted molar refractivity (Wildman–Crippen MR) is 164 cm³/mol. The van der Waals surface area contributed by atoms with Gasteiger partial charge in [0.15, 0.2) is 5.75 Å². The smallest absolute Gasteiger partial charge is 0.410 e. The van der Waals surface area contributed by atoms with Gasteiger partial charge in [-0.25, -0.2) is 4.79 Å². The van der Waals surface area contributed by atoms with E-state index in [0.29, 0.717) is 60.4 Å². The molecule has 2 amide bonds. The summed E-state index contributed by atoms with van der Waals surface area (Å²) >= 11 is 11.9. The number of likely N-dealkylation sites (tertiary alicyclic amines) is 1. The number of hydrogen-bond acceptors (Lipinski definition) is 7. The maximum absolute atomic E-state index is 12.9. The molecule has 220 valence electrons. The summed E-state index contributed by atoms with van der Waals surface area (Å²) in [5.74, 6) is 0.898. The van der Waals surface area contributed by atoms with Crippen LogP contribution in [0.3, 0.4) is 0 Å². The number of hydrogen-bond donors (Lipinski definition) is 3. The summed E-state index contributed by atoms with van der Waals surface area (Å²) in [6, 6.07) is 12.9. The molecule has 1 atom stereocenters. The largest absolute Gasteiger partial charge is 0.493 e. The molecule has 2 aliphatic rings. The van der Waals surface area contributed by atoms with Crippen molar-refractivity contribution in [2.45, 2.75) is 58.2 Å². The van der Waals surface area contributed by atoms with Gasteiger partial charge in [-0.1, -0.05) is 48.1 Å². The van der Waals surface area contributed by atoms with E-state index in [-0.39, 0.29) is 23.0 Å². The molecule has 11 heteroatoms. The fourth-order valence-electron chi connectivity index (χ4n) is 4.82. The molecule has 3 N–H and O–H groups in total. The van der Waals surface area contributed by atoms with Gasteiger partial charge in [0.25, 0.3) is 5.91 Å². The van der Waals surface area contributed by atoms with Gasteiger partial charge in [0.05, 0.1) is 29.4 Å². The Kier molecular flexibility index (Phi) is 9.99. The molecule has 2 aliphatic heterocycles. The molecule has 2 heterocycles. The number of methoxy groups -OCH3 is 1. The van der Waals surface area contributed by atoms with Gasteiger partial charge in [-0.15, -0.1) is 0 Å². The first-order chi connectivity index (χ1) is 19.6. The molecule has 0 radical (unpaired) electrons. The second kappa shape index (κ2) is 13.4. The minimum Gasteiger partial charge on any atom is -0.493 e. The van der Waals surface area contributed by atoms with Gasteiger partial charge < -0.3 is 35.1 Å². The number of nitrogens with one attached hydrogen (secondary N) is 3. The average molecular weight is 601 g/mol. The second-order valence-corrected chi connectivity index (χ2v) is 11.7. The Morgan fingerprint density at radius 2 is 1.98 bits per heavy atom. The number of rotatable bonds is 9. The van der Waals surface area contributed by atoms with Crippen molar-refractivity contribution in [3.8, 4) is 11.5 Å². The number of carbonyl (C=O) groups excluding carboxylic acids is 2. The lowest BCUT2D eigenvalue weighted by Crippen LogP contribution is -2.42. The molecule has 0 spiro atoms. The Hall–Kier alpha value is -3.50. The van der Waals surface area contributed by atoms with Crippen LogP contribution in [0.2, 0.25) is 5.02 Å². The van der Waals surface area contributed by atoms with Crippen molar-refractivity contribution in [2.75, 3.05) is 32.1 Å². The van der Waals surface area contributed by atoms with Gasteiger partial charge in [0.1, 0.15) is 22.9 Å². The third-order valence-electron chi connectivity index (χ3n) is 6.74. The molecule has 1 fully saturated rings. The van der Waals surface area contributed by atoms with E-state index in [1.165, 1.54) is 7.11 Å². The molecule has 1 saturated heterocycles. The number of halogens is 1. The van der Waals surface area contributed by atoms with E-state index in [1.807, 2.05) is 45.0 Å². The van der Waals surface area contributed by atoms with Crippen molar-refractivity contribution in [2.24, 2.45) is 0 Å². The molecular formula is C30H37ClN4O5S. The van der Waals surface area contributed by atoms with E-state index in [1.54, 1.807) is 23.1 Å². The summed E-state index contributed by atoms with van der Waals surface area (Å²) in [6.45, 7) is 7.53. The molecule has 0 unspecified atom stereocenters. The van der Waals surface area contributed by atoms with E-state index in [2.05, 4.69) is 16.0 Å². The van der Waals surface area contributed by atoms with Crippen molar-refractivity contribution in [3.05, 3.63) is 64.3 Å². The van der Waals surface area contributed by atoms with Crippen LogP contribution in [0.4, 0.5) is 10.5 Å². The van der Waals surface area contributed by atoms with Crippen molar-refractivity contribution in [1.82, 2.24) is 15.5 Å². The number of amides is 2. The highest BCUT2D eigenvalue weighted by Crippen LogP contribution is 2.33. The van der Waals surface area contributed by atoms with Crippen LogP contribution in [0.5, 0.6) is 11.5 Å². The van der Waals surface area contributed by atoms with Crippen molar-refractivity contribution in [3.63, 3.8) is 0 Å². The minimum absolute atomic E-state index is 0.0610. The normalized spacial score (nSPS) is 17.1. The van der Waals surface area contributed by atoms with E-state index in [4.69, 9.17) is 38.0 Å². The molecule has 0 aliphatic carbocycles. The Bertz CT molecular complexity index is 1330. The van der Waals surface area contributed by atoms with Gasteiger partial charge in [0, 0.05) is 37.3 Å². The Balaban J connectivity index is 1.45. The first-order valence-electron chi connectivity index (χ1n) is 13.7. The maximum Gasteiger partial charge on any atom is 0.410 e. The van der Waals surface area contributed by atoms with Crippen LogP contribution in [0, 0.1) is 0 Å². The Morgan fingerprint density at radius 3 is 2.73 bits per heavy atom. The van der Waals surface area contributed by atoms with Crippen molar-refractivity contribution >= 4 is 46.5 Å². The number of anilines is 1. The summed E-state index contributed by atoms with van der Waals surface area (Å²) < 4.78 is 17.2. The number of benzene rings is 2. The van der Waals surface area contributed by atoms with E-state index in [0.717, 1.165) is 24.1 Å². The summed E-state index contributed by atoms with van der Waals surface area (Å²) in [6.07, 6.45) is 2.04. The van der Waals surface area contributed by atoms with Crippen LogP contribution < -0.4 is 25.4 Å². The number of thiocarbonyl (C=S) groups is 1. The van der Waals surface area contributed by atoms with Gasteiger partial charge in [-0.3, -0.25) is 4.79 Å². The number of nitrogens with zero attached hydrogens (tertiary/aromatic N) is 1. The molecule has 9 nitrogen and oxygen atoms in total. The molecule has 2 aromatic carbocycles. The molecule has 0 saturated carbocycles. The standard InChI is InChI=1S/C30H37ClN4O5S/c1-30(2,3)40-29(37)35-16-8-10-20(35)18-39-24-13-6-5-9-19(24)17-33-22-14-15-32-27(36)25(22)28(41)34-23-12-7-11-21(31)26(23)38-4/h5-7,9,11-13,20,33H,8,10,14-18H2,1-4H3,(H,32,36)(H,34,41)/t20-/m0/s1. The lowest BCUT2D eigenvalue weighted by atomic mass is 10.1. The highest BCUT2D eigenvalue weighted by Gasteiger charge is 2.33. The van der Waals surface area contributed by atoms with Crippen LogP contribution in [-0.4, -0.2) is 60.3 Å². The van der Waals surface area contributed by atoms with Gasteiger partial charge in [-0.05, 0) is 51.8 Å². The molecular weight excluding hydrogens is 564 g/mol. The van der Waals surface area contributed by atoms with Crippen molar-refractivity contribution in [1.29, 1.82) is 0 Å². The van der Waals surface area contributed by atoms with Gasteiger partial charge in [0.2, 0.25) is 0 Å². The van der Waals surface area contributed by atoms with Crippen LogP contribution in [0.1, 0.15) is 45.6 Å². The zero-order valence-electron chi connectivity index (χ0n) is 23.8. The summed E-state index contributed by atoms with van der Waals surface area (Å²) in [5, 5.41) is 9.84. The lowest BCUT2D eigenvalue weighted by molar-refractivity contribution is -0.117. The quantitative estimate of drug-likeness (QED) is 0.328. The van der Waals surface area contributed by atoms with E-state index >= 15 is 0 Å². The Morgan fingerprint density at radius 1 is 1.20 bits per heavy atom. The van der Waals surface area contributed by atoms with Crippen molar-refractivity contribution < 1.29 is 23.8 Å². The zero-order valence-corrected chi connectivity index (χ0v) is 25.4. The van der Waals surface area contributed by atoms with Gasteiger partial charge in [-0.2, -0.15) is 0 Å². The number of carbonyl (C=O) groups is 2. The fourth-order valence-corrected chi connectivity index (χ4v) is 5.39. The molecule has 0 bridgehead atoms. The topological polar surface area (TPSA) is 101 Å². The minimum atomic E-state index is -0.551. The van der Waals surface area contributed by atoms with Crippen LogP contribution in [-0.2, 0) is 16.1 Å². The molecule has 2 aromatic rings. The third kappa shape index (κ3) is 7.83. The van der Waals surface area contributed by atoms with Crippen LogP contribution in [0.15, 0.2) is 53.7 Å². The molecule has 0 aromatic heterocycles. The summed E-state index contributed by atoms with van der Waals surface area (Å²) in [5.41, 5.74) is 2.04. The lowest BCUT2D eigenvalue weighted by Gasteiger charge is -2.28. The monoisotopic (exact) mass is 600 g/mol. The van der Waals surface area contributed by atoms with Crippen LogP contribution >= 0.6 is 23.8 Å². The zero-order chi connectivity index (χ0) is 29.6. The highest BCUT2D eigenvalue weighted by atomic mass is 35.5. The highest BCUT2D eigenvalue weighted by molar-refractivity contribution is 7.81. The Labute approximate surface area is 251 Å². The first-order valence-corrected chi connectivity index (χ1v) is 14.5. The van der Waals surface area contributed by atoms with E-state index < -0.39 is 5.60 Å². The number of ether oxygens (including phenoxy) is 3. The third-order valence-corrected chi connectivity index (χ3v) is 7.34. The number of para-hydroxylation sites is 2. The van der Waals surface area contributed by atoms with Gasteiger partial charge >= 0.3 is 6.09 Å². The first kappa shape index (κ1) is 30.5. The average Bonchev–Trinajstić information content (AvgIpc) is 3.39. The van der Waals surface area contributed by atoms with E-state index in [9.17, 15) is 9.59 Å². The second-order valence-electron chi connectivity index (χ2n) is 10.9. The SMILES string of the molecule is COc1c(Cl)cccc1NC(=S)C1=C(NCc2ccccc2OC[C@@H]2CCCN2C(=O)OC(C)(C)C)CCNC1=O. The van der Waals surface area contributed by atoms with Crippen LogP contribution in [0.25, 0.3) is 0 Å².